The van der Waals surface area contributed by atoms with Gasteiger partial charge in [0.15, 0.2) is 11.2 Å². The van der Waals surface area contributed by atoms with Gasteiger partial charge >= 0.3 is 0 Å². The second kappa shape index (κ2) is 8.37. The molecule has 0 aliphatic carbocycles. The second-order valence-electron chi connectivity index (χ2n) is 11.2. The van der Waals surface area contributed by atoms with E-state index in [-0.39, 0.29) is 0 Å². The number of furan rings is 3. The molecule has 3 nitrogen and oxygen atoms in total. The van der Waals surface area contributed by atoms with Crippen molar-refractivity contribution in [2.75, 3.05) is 0 Å². The Balaban J connectivity index is 1.36. The van der Waals surface area contributed by atoms with Crippen LogP contribution in [0.3, 0.4) is 0 Å². The maximum absolute atomic E-state index is 6.47. The molecular formula is C40H22O3. The Kier molecular flexibility index (Phi) is 4.45. The molecule has 43 heavy (non-hydrogen) atoms. The van der Waals surface area contributed by atoms with E-state index < -0.39 is 0 Å². The van der Waals surface area contributed by atoms with Gasteiger partial charge in [0.1, 0.15) is 16.7 Å². The van der Waals surface area contributed by atoms with E-state index in [0.29, 0.717) is 0 Å². The SMILES string of the molecule is c1ccc2c(c1)oc1cc(-c3c4ccccc4c(-c4cc5ccoc5c5oc6ccccc6c45)c4ccccc34)ccc12. The Morgan fingerprint density at radius 3 is 1.70 bits per heavy atom. The molecule has 10 rings (SSSR count). The molecule has 0 radical (unpaired) electrons. The van der Waals surface area contributed by atoms with Gasteiger partial charge < -0.3 is 13.3 Å². The van der Waals surface area contributed by atoms with Crippen molar-refractivity contribution in [2.24, 2.45) is 0 Å². The second-order valence-corrected chi connectivity index (χ2v) is 11.2. The number of hydrogen-bond donors (Lipinski definition) is 0. The molecule has 0 spiro atoms. The number of para-hydroxylation sites is 2. The summed E-state index contributed by atoms with van der Waals surface area (Å²) >= 11 is 0. The smallest absolute Gasteiger partial charge is 0.179 e. The molecule has 200 valence electrons. The minimum absolute atomic E-state index is 0.777. The zero-order valence-electron chi connectivity index (χ0n) is 22.9. The zero-order valence-corrected chi connectivity index (χ0v) is 22.9. The average Bonchev–Trinajstić information content (AvgIpc) is 3.78. The van der Waals surface area contributed by atoms with Crippen LogP contribution in [0.1, 0.15) is 0 Å². The standard InChI is InChI=1S/C40H22O3/c1-3-12-29-27(10-1)36(23-17-18-26-25-9-5-7-15-33(25)42-35(26)22-23)28-11-2-4-13-30(28)37(29)32-21-24-19-20-41-39(24)40-38(32)31-14-6-8-16-34(31)43-40/h1-22H. The molecule has 7 aromatic carbocycles. The lowest BCUT2D eigenvalue weighted by Crippen LogP contribution is -1.91. The number of rotatable bonds is 2. The van der Waals surface area contributed by atoms with Gasteiger partial charge in [-0.05, 0) is 80.2 Å². The lowest BCUT2D eigenvalue weighted by atomic mass is 9.84. The van der Waals surface area contributed by atoms with Crippen LogP contribution >= 0.6 is 0 Å². The fourth-order valence-electron chi connectivity index (χ4n) is 7.13. The maximum Gasteiger partial charge on any atom is 0.179 e. The first-order valence-electron chi connectivity index (χ1n) is 14.5. The zero-order chi connectivity index (χ0) is 28.1. The van der Waals surface area contributed by atoms with E-state index in [1.807, 2.05) is 30.3 Å². The van der Waals surface area contributed by atoms with Crippen LogP contribution in [0.4, 0.5) is 0 Å². The van der Waals surface area contributed by atoms with Crippen LogP contribution in [0.15, 0.2) is 147 Å². The predicted octanol–water partition coefficient (Wildman–Crippen LogP) is 11.9. The summed E-state index contributed by atoms with van der Waals surface area (Å²) in [6.45, 7) is 0. The van der Waals surface area contributed by atoms with Crippen LogP contribution in [-0.4, -0.2) is 0 Å². The normalized spacial score (nSPS) is 12.2. The Labute approximate surface area is 245 Å². The molecule has 3 aromatic heterocycles. The number of benzene rings is 7. The monoisotopic (exact) mass is 550 g/mol. The largest absolute Gasteiger partial charge is 0.460 e. The van der Waals surface area contributed by atoms with Crippen LogP contribution in [0.25, 0.3) is 98.6 Å². The minimum atomic E-state index is 0.777. The predicted molar refractivity (Wildman–Crippen MR) is 177 cm³/mol. The highest BCUT2D eigenvalue weighted by atomic mass is 16.4. The lowest BCUT2D eigenvalue weighted by Gasteiger charge is -2.18. The van der Waals surface area contributed by atoms with Gasteiger partial charge in [-0.25, -0.2) is 0 Å². The van der Waals surface area contributed by atoms with E-state index in [2.05, 4.69) is 97.1 Å². The van der Waals surface area contributed by atoms with Gasteiger partial charge in [0.2, 0.25) is 0 Å². The van der Waals surface area contributed by atoms with Crippen LogP contribution in [0.2, 0.25) is 0 Å². The van der Waals surface area contributed by atoms with Crippen molar-refractivity contribution in [1.82, 2.24) is 0 Å². The van der Waals surface area contributed by atoms with Crippen molar-refractivity contribution < 1.29 is 13.3 Å². The molecule has 10 aromatic rings. The quantitative estimate of drug-likeness (QED) is 0.201. The lowest BCUT2D eigenvalue weighted by molar-refractivity contribution is 0.600. The molecule has 0 saturated heterocycles. The van der Waals surface area contributed by atoms with Crippen LogP contribution in [-0.2, 0) is 0 Å². The molecule has 0 atom stereocenters. The number of fused-ring (bicyclic) bond motifs is 10. The van der Waals surface area contributed by atoms with E-state index in [0.717, 1.165) is 66.0 Å². The summed E-state index contributed by atoms with van der Waals surface area (Å²) in [5, 5.41) is 10.2. The van der Waals surface area contributed by atoms with E-state index in [1.54, 1.807) is 6.26 Å². The first-order chi connectivity index (χ1) is 21.3. The highest BCUT2D eigenvalue weighted by Gasteiger charge is 2.23. The van der Waals surface area contributed by atoms with Crippen molar-refractivity contribution in [3.05, 3.63) is 134 Å². The van der Waals surface area contributed by atoms with E-state index in [4.69, 9.17) is 13.3 Å². The molecule has 0 aliphatic rings. The summed E-state index contributed by atoms with van der Waals surface area (Å²) in [4.78, 5) is 0. The van der Waals surface area contributed by atoms with Crippen molar-refractivity contribution in [2.45, 2.75) is 0 Å². The van der Waals surface area contributed by atoms with Gasteiger partial charge in [-0.2, -0.15) is 0 Å². The third-order valence-electron chi connectivity index (χ3n) is 8.93. The van der Waals surface area contributed by atoms with Gasteiger partial charge in [-0.15, -0.1) is 0 Å². The maximum atomic E-state index is 6.47. The highest BCUT2D eigenvalue weighted by molar-refractivity contribution is 6.28. The van der Waals surface area contributed by atoms with Gasteiger partial charge in [0, 0.05) is 26.9 Å². The van der Waals surface area contributed by atoms with Gasteiger partial charge in [-0.1, -0.05) is 91.0 Å². The molecular weight excluding hydrogens is 528 g/mol. The molecule has 0 aliphatic heterocycles. The fourth-order valence-corrected chi connectivity index (χ4v) is 7.13. The summed E-state index contributed by atoms with van der Waals surface area (Å²) < 4.78 is 18.7. The van der Waals surface area contributed by atoms with Crippen molar-refractivity contribution in [1.29, 1.82) is 0 Å². The molecule has 0 bridgehead atoms. The molecule has 0 saturated carbocycles. The molecule has 3 heteroatoms. The van der Waals surface area contributed by atoms with Crippen LogP contribution < -0.4 is 0 Å². The molecule has 0 N–H and O–H groups in total. The highest BCUT2D eigenvalue weighted by Crippen LogP contribution is 2.49. The molecule has 0 fully saturated rings. The Bertz CT molecular complexity index is 2680. The van der Waals surface area contributed by atoms with Crippen LogP contribution in [0.5, 0.6) is 0 Å². The third-order valence-corrected chi connectivity index (χ3v) is 8.93. The summed E-state index contributed by atoms with van der Waals surface area (Å²) in [6.07, 6.45) is 1.74. The number of hydrogen-bond acceptors (Lipinski definition) is 3. The summed E-state index contributed by atoms with van der Waals surface area (Å²) in [5.41, 5.74) is 8.89. The van der Waals surface area contributed by atoms with Gasteiger partial charge in [0.05, 0.1) is 6.26 Å². The van der Waals surface area contributed by atoms with Crippen molar-refractivity contribution >= 4 is 76.4 Å². The van der Waals surface area contributed by atoms with E-state index >= 15 is 0 Å². The van der Waals surface area contributed by atoms with Gasteiger partial charge in [-0.3, -0.25) is 0 Å². The Hall–Kier alpha value is -5.80. The van der Waals surface area contributed by atoms with E-state index in [9.17, 15) is 0 Å². The summed E-state index contributed by atoms with van der Waals surface area (Å²) in [7, 11) is 0. The van der Waals surface area contributed by atoms with E-state index in [1.165, 1.54) is 32.7 Å². The van der Waals surface area contributed by atoms with Gasteiger partial charge in [0.25, 0.3) is 0 Å². The topological polar surface area (TPSA) is 39.4 Å². The van der Waals surface area contributed by atoms with Crippen LogP contribution in [0, 0.1) is 0 Å². The summed E-state index contributed by atoms with van der Waals surface area (Å²) in [6, 6.07) is 44.9. The minimum Gasteiger partial charge on any atom is -0.460 e. The van der Waals surface area contributed by atoms with Crippen molar-refractivity contribution in [3.8, 4) is 22.3 Å². The molecule has 0 unspecified atom stereocenters. The Morgan fingerprint density at radius 1 is 0.395 bits per heavy atom. The first kappa shape index (κ1) is 22.8. The third kappa shape index (κ3) is 3.08. The van der Waals surface area contributed by atoms with Crippen molar-refractivity contribution in [3.63, 3.8) is 0 Å². The molecule has 0 amide bonds. The average molecular weight is 551 g/mol. The Morgan fingerprint density at radius 2 is 0.977 bits per heavy atom. The fraction of sp³-hybridized carbons (Fsp3) is 0. The first-order valence-corrected chi connectivity index (χ1v) is 14.5. The molecule has 3 heterocycles. The summed E-state index contributed by atoms with van der Waals surface area (Å²) in [5.74, 6) is 0.